The molecule has 0 unspecified atom stereocenters. The number of nitrogens with two attached hydrogens (primary N) is 1. The van der Waals surface area contributed by atoms with E-state index in [0.29, 0.717) is 27.5 Å². The van der Waals surface area contributed by atoms with Crippen molar-refractivity contribution in [1.29, 1.82) is 0 Å². The number of hydrogen-bond donors (Lipinski definition) is 1. The molecule has 6 rings (SSSR count). The highest BCUT2D eigenvalue weighted by Gasteiger charge is 2.47. The summed E-state index contributed by atoms with van der Waals surface area (Å²) < 4.78 is 12.6. The first-order valence-corrected chi connectivity index (χ1v) is 14.5. The second-order valence-electron chi connectivity index (χ2n) is 10.5. The molecule has 2 aromatic heterocycles. The van der Waals surface area contributed by atoms with Gasteiger partial charge in [-0.2, -0.15) is 0 Å². The molecule has 4 heterocycles. The van der Waals surface area contributed by atoms with E-state index in [4.69, 9.17) is 26.8 Å². The number of halogens is 1. The number of hydrogen-bond acceptors (Lipinski definition) is 9. The van der Waals surface area contributed by atoms with Crippen LogP contribution in [-0.2, 0) is 11.3 Å². The molecule has 2 aliphatic rings. The molecule has 9 nitrogen and oxygen atoms in total. The van der Waals surface area contributed by atoms with Gasteiger partial charge in [-0.05, 0) is 49.6 Å². The van der Waals surface area contributed by atoms with E-state index >= 15 is 0 Å². The normalized spacial score (nSPS) is 20.4. The highest BCUT2D eigenvalue weighted by atomic mass is 35.5. The number of piperidine rings is 1. The van der Waals surface area contributed by atoms with E-state index in [9.17, 15) is 4.79 Å². The minimum Gasteiger partial charge on any atom is -0.497 e. The molecule has 11 heteroatoms. The summed E-state index contributed by atoms with van der Waals surface area (Å²) in [6, 6.07) is 11.3. The summed E-state index contributed by atoms with van der Waals surface area (Å²) in [5.74, 6) is 1.60. The first kappa shape index (κ1) is 27.0. The first-order valence-electron chi connectivity index (χ1n) is 13.3. The van der Waals surface area contributed by atoms with Crippen molar-refractivity contribution in [3.8, 4) is 5.75 Å². The molecule has 0 bridgehead atoms. The summed E-state index contributed by atoms with van der Waals surface area (Å²) in [7, 11) is 1.62. The van der Waals surface area contributed by atoms with Crippen LogP contribution in [0.3, 0.4) is 0 Å². The van der Waals surface area contributed by atoms with Crippen LogP contribution < -0.4 is 20.9 Å². The summed E-state index contributed by atoms with van der Waals surface area (Å²) in [5, 5.41) is 1.44. The Morgan fingerprint density at radius 2 is 1.90 bits per heavy atom. The van der Waals surface area contributed by atoms with Gasteiger partial charge in [-0.25, -0.2) is 15.0 Å². The highest BCUT2D eigenvalue weighted by Crippen LogP contribution is 2.42. The van der Waals surface area contributed by atoms with Gasteiger partial charge in [0.2, 0.25) is 0 Å². The van der Waals surface area contributed by atoms with E-state index in [1.54, 1.807) is 30.4 Å². The van der Waals surface area contributed by atoms with Crippen molar-refractivity contribution in [3.05, 3.63) is 76.1 Å². The van der Waals surface area contributed by atoms with Crippen molar-refractivity contribution >= 4 is 40.1 Å². The maximum absolute atomic E-state index is 13.4. The molecule has 0 radical (unpaired) electrons. The number of aromatic nitrogens is 4. The first-order chi connectivity index (χ1) is 19.4. The maximum Gasteiger partial charge on any atom is 0.263 e. The lowest BCUT2D eigenvalue weighted by Crippen LogP contribution is -2.50. The summed E-state index contributed by atoms with van der Waals surface area (Å²) in [6.07, 6.45) is 7.17. The van der Waals surface area contributed by atoms with Gasteiger partial charge in [0, 0.05) is 29.4 Å². The summed E-state index contributed by atoms with van der Waals surface area (Å²) >= 11 is 8.15. The lowest BCUT2D eigenvalue weighted by molar-refractivity contribution is 0.0974. The molecule has 2 N–H and O–H groups in total. The third kappa shape index (κ3) is 5.05. The number of methoxy groups -OCH3 is 1. The van der Waals surface area contributed by atoms with Crippen LogP contribution in [-0.4, -0.2) is 58.5 Å². The lowest BCUT2D eigenvalue weighted by atomic mass is 9.73. The fourth-order valence-corrected chi connectivity index (χ4v) is 6.72. The number of fused-ring (bicyclic) bond motifs is 1. The van der Waals surface area contributed by atoms with E-state index in [1.807, 2.05) is 36.4 Å². The molecule has 2 saturated heterocycles. The third-order valence-electron chi connectivity index (χ3n) is 8.17. The maximum atomic E-state index is 13.4. The van der Waals surface area contributed by atoms with Gasteiger partial charge in [0.1, 0.15) is 16.6 Å². The summed E-state index contributed by atoms with van der Waals surface area (Å²) in [5.41, 5.74) is 7.84. The van der Waals surface area contributed by atoms with Crippen molar-refractivity contribution in [2.75, 3.05) is 31.7 Å². The Kier molecular flexibility index (Phi) is 7.43. The Labute approximate surface area is 241 Å². The van der Waals surface area contributed by atoms with Gasteiger partial charge >= 0.3 is 0 Å². The van der Waals surface area contributed by atoms with Crippen molar-refractivity contribution in [2.24, 2.45) is 11.1 Å². The van der Waals surface area contributed by atoms with Gasteiger partial charge in [0.05, 0.1) is 61.0 Å². The zero-order valence-corrected chi connectivity index (χ0v) is 24.0. The lowest BCUT2D eigenvalue weighted by Gasteiger charge is -2.41. The van der Waals surface area contributed by atoms with Gasteiger partial charge in [0.25, 0.3) is 5.56 Å². The third-order valence-corrected chi connectivity index (χ3v) is 9.65. The SMILES string of the molecule is COc1ccc(Cn2cnc3ccc(Sc4cnc(N5CCC6(CC5)CO[C@@H](C)[C@H]6N)cn4)c(Cl)c3c2=O)cc1. The van der Waals surface area contributed by atoms with Crippen LogP contribution in [0.5, 0.6) is 5.75 Å². The standard InChI is InChI=1S/C29H31ClN6O3S/c1-18-27(31)29(16-39-18)9-11-35(12-10-29)23-13-33-24(14-32-23)40-22-8-7-21-25(26(22)30)28(37)36(17-34-21)15-19-3-5-20(38-2)6-4-19/h3-8,13-14,17-18,27H,9-12,15-16,31H2,1-2H3/t18-,27+/m0/s1. The molecule has 0 saturated carbocycles. The van der Waals surface area contributed by atoms with Gasteiger partial charge < -0.3 is 20.1 Å². The van der Waals surface area contributed by atoms with E-state index in [-0.39, 0.29) is 23.1 Å². The van der Waals surface area contributed by atoms with Crippen molar-refractivity contribution in [2.45, 2.75) is 48.4 Å². The van der Waals surface area contributed by atoms with Crippen molar-refractivity contribution in [1.82, 2.24) is 19.5 Å². The highest BCUT2D eigenvalue weighted by molar-refractivity contribution is 7.99. The Balaban J connectivity index is 1.17. The van der Waals surface area contributed by atoms with Crippen LogP contribution in [0.15, 0.2) is 69.8 Å². The fraction of sp³-hybridized carbons (Fsp3) is 0.379. The van der Waals surface area contributed by atoms with Crippen LogP contribution in [0.2, 0.25) is 5.02 Å². The second kappa shape index (κ2) is 11.0. The van der Waals surface area contributed by atoms with Gasteiger partial charge in [-0.3, -0.25) is 9.36 Å². The zero-order chi connectivity index (χ0) is 27.9. The average Bonchev–Trinajstić information content (AvgIpc) is 3.25. The molecule has 2 aliphatic heterocycles. The fourth-order valence-electron chi connectivity index (χ4n) is 5.60. The molecular formula is C29H31ClN6O3S. The predicted molar refractivity (Wildman–Crippen MR) is 157 cm³/mol. The molecule has 2 atom stereocenters. The van der Waals surface area contributed by atoms with Crippen LogP contribution in [0.1, 0.15) is 25.3 Å². The summed E-state index contributed by atoms with van der Waals surface area (Å²) in [6.45, 7) is 4.92. The molecular weight excluding hydrogens is 548 g/mol. The zero-order valence-electron chi connectivity index (χ0n) is 22.4. The minimum absolute atomic E-state index is 0.0635. The second-order valence-corrected chi connectivity index (χ2v) is 11.9. The summed E-state index contributed by atoms with van der Waals surface area (Å²) in [4.78, 5) is 30.2. The molecule has 4 aromatic rings. The predicted octanol–water partition coefficient (Wildman–Crippen LogP) is 4.38. The largest absolute Gasteiger partial charge is 0.497 e. The molecule has 1 spiro atoms. The van der Waals surface area contributed by atoms with Crippen LogP contribution in [0.4, 0.5) is 5.82 Å². The van der Waals surface area contributed by atoms with E-state index in [1.165, 1.54) is 11.8 Å². The average molecular weight is 579 g/mol. The van der Waals surface area contributed by atoms with Crippen LogP contribution >= 0.6 is 23.4 Å². The molecule has 208 valence electrons. The van der Waals surface area contributed by atoms with Gasteiger partial charge in [0.15, 0.2) is 0 Å². The Morgan fingerprint density at radius 1 is 1.12 bits per heavy atom. The van der Waals surface area contributed by atoms with Gasteiger partial charge in [-0.1, -0.05) is 35.5 Å². The van der Waals surface area contributed by atoms with Crippen LogP contribution in [0.25, 0.3) is 10.9 Å². The molecule has 2 aromatic carbocycles. The number of benzene rings is 2. The van der Waals surface area contributed by atoms with Crippen molar-refractivity contribution in [3.63, 3.8) is 0 Å². The quantitative estimate of drug-likeness (QED) is 0.356. The smallest absolute Gasteiger partial charge is 0.263 e. The van der Waals surface area contributed by atoms with Gasteiger partial charge in [-0.15, -0.1) is 0 Å². The monoisotopic (exact) mass is 578 g/mol. The van der Waals surface area contributed by atoms with E-state index in [2.05, 4.69) is 26.8 Å². The number of rotatable bonds is 6. The molecule has 0 aliphatic carbocycles. The Hall–Kier alpha value is -3.18. The van der Waals surface area contributed by atoms with Crippen LogP contribution in [0, 0.1) is 5.41 Å². The number of anilines is 1. The Morgan fingerprint density at radius 3 is 2.55 bits per heavy atom. The molecule has 40 heavy (non-hydrogen) atoms. The topological polar surface area (TPSA) is 108 Å². The Bertz CT molecular complexity index is 1570. The number of nitrogens with zero attached hydrogens (tertiary/aromatic N) is 5. The van der Waals surface area contributed by atoms with E-state index in [0.717, 1.165) is 54.6 Å². The molecule has 2 fully saturated rings. The van der Waals surface area contributed by atoms with Crippen molar-refractivity contribution < 1.29 is 9.47 Å². The van der Waals surface area contributed by atoms with E-state index < -0.39 is 0 Å². The minimum atomic E-state index is -0.195. The molecule has 0 amide bonds. The number of ether oxygens (including phenoxy) is 2.